The molecule has 0 saturated carbocycles. The van der Waals surface area contributed by atoms with Gasteiger partial charge in [0, 0.05) is 35.8 Å². The zero-order valence-electron chi connectivity index (χ0n) is 11.4. The van der Waals surface area contributed by atoms with Crippen molar-refractivity contribution in [1.82, 2.24) is 9.88 Å². The zero-order valence-corrected chi connectivity index (χ0v) is 11.4. The van der Waals surface area contributed by atoms with Gasteiger partial charge < -0.3 is 9.88 Å². The Morgan fingerprint density at radius 3 is 2.79 bits per heavy atom. The van der Waals surface area contributed by atoms with Crippen LogP contribution in [0.5, 0.6) is 0 Å². The molecular formula is C16H18N2O. The molecule has 3 rings (SSSR count). The summed E-state index contributed by atoms with van der Waals surface area (Å²) >= 11 is 0. The number of carbonyl (C=O) groups is 1. The third kappa shape index (κ3) is 2.05. The number of hydrogen-bond donors (Lipinski definition) is 1. The van der Waals surface area contributed by atoms with Gasteiger partial charge in [-0.05, 0) is 37.5 Å². The van der Waals surface area contributed by atoms with Crippen LogP contribution in [0.3, 0.4) is 0 Å². The average molecular weight is 254 g/mol. The third-order valence-corrected chi connectivity index (χ3v) is 4.02. The highest BCUT2D eigenvalue weighted by Crippen LogP contribution is 2.24. The van der Waals surface area contributed by atoms with Gasteiger partial charge in [0.05, 0.1) is 0 Å². The first kappa shape index (κ1) is 12.0. The van der Waals surface area contributed by atoms with Crippen LogP contribution in [0.2, 0.25) is 0 Å². The molecule has 3 nitrogen and oxygen atoms in total. The minimum atomic E-state index is 0.231. The van der Waals surface area contributed by atoms with Gasteiger partial charge in [-0.25, -0.2) is 0 Å². The fourth-order valence-electron chi connectivity index (χ4n) is 2.73. The molecule has 0 atom stereocenters. The number of aromatic nitrogens is 1. The number of rotatable bonds is 3. The van der Waals surface area contributed by atoms with Crippen molar-refractivity contribution in [2.75, 3.05) is 6.54 Å². The van der Waals surface area contributed by atoms with Crippen LogP contribution < -0.4 is 0 Å². The average Bonchev–Trinajstić information content (AvgIpc) is 2.91. The second-order valence-corrected chi connectivity index (χ2v) is 5.20. The van der Waals surface area contributed by atoms with E-state index < -0.39 is 0 Å². The van der Waals surface area contributed by atoms with Gasteiger partial charge >= 0.3 is 0 Å². The lowest BCUT2D eigenvalue weighted by Crippen LogP contribution is -2.26. The van der Waals surface area contributed by atoms with E-state index in [2.05, 4.69) is 29.4 Å². The number of fused-ring (bicyclic) bond motifs is 1. The molecule has 19 heavy (non-hydrogen) atoms. The van der Waals surface area contributed by atoms with Crippen LogP contribution in [0.4, 0.5) is 0 Å². The number of nitrogens with zero attached hydrogens (tertiary/aromatic N) is 1. The number of para-hydroxylation sites is 1. The molecule has 1 aromatic heterocycles. The van der Waals surface area contributed by atoms with Crippen LogP contribution in [-0.4, -0.2) is 22.3 Å². The predicted molar refractivity (Wildman–Crippen MR) is 76.7 cm³/mol. The van der Waals surface area contributed by atoms with Crippen LogP contribution in [0.25, 0.3) is 10.9 Å². The van der Waals surface area contributed by atoms with E-state index in [0.29, 0.717) is 6.42 Å². The lowest BCUT2D eigenvalue weighted by Gasteiger charge is -2.17. The van der Waals surface area contributed by atoms with Gasteiger partial charge in [-0.1, -0.05) is 18.2 Å². The van der Waals surface area contributed by atoms with E-state index in [4.69, 9.17) is 0 Å². The lowest BCUT2D eigenvalue weighted by molar-refractivity contribution is -0.127. The van der Waals surface area contributed by atoms with Gasteiger partial charge in [-0.3, -0.25) is 4.79 Å². The number of aromatic amines is 1. The highest BCUT2D eigenvalue weighted by Gasteiger charge is 2.24. The van der Waals surface area contributed by atoms with Gasteiger partial charge in [0.1, 0.15) is 0 Å². The second kappa shape index (κ2) is 4.57. The highest BCUT2D eigenvalue weighted by atomic mass is 16.2. The van der Waals surface area contributed by atoms with Gasteiger partial charge in [0.15, 0.2) is 0 Å². The summed E-state index contributed by atoms with van der Waals surface area (Å²) in [5.74, 6) is 0.231. The summed E-state index contributed by atoms with van der Waals surface area (Å²) in [5, 5.41) is 1.26. The number of hydrogen-bond acceptors (Lipinski definition) is 1. The fraction of sp³-hybridized carbons (Fsp3) is 0.312. The summed E-state index contributed by atoms with van der Waals surface area (Å²) in [7, 11) is 0. The molecule has 1 amide bonds. The molecule has 1 aliphatic heterocycles. The Balaban J connectivity index is 1.78. The van der Waals surface area contributed by atoms with E-state index in [0.717, 1.165) is 24.2 Å². The number of amides is 1. The molecule has 0 saturated heterocycles. The van der Waals surface area contributed by atoms with Crippen LogP contribution in [0.15, 0.2) is 41.7 Å². The minimum Gasteiger partial charge on any atom is -0.361 e. The zero-order chi connectivity index (χ0) is 13.4. The first-order valence-corrected chi connectivity index (χ1v) is 6.68. The Hall–Kier alpha value is -2.03. The van der Waals surface area contributed by atoms with E-state index in [-0.39, 0.29) is 5.91 Å². The molecule has 0 unspecified atom stereocenters. The molecule has 0 aliphatic carbocycles. The van der Waals surface area contributed by atoms with E-state index in [1.54, 1.807) is 0 Å². The number of nitrogens with one attached hydrogen (secondary N) is 1. The van der Waals surface area contributed by atoms with Crippen molar-refractivity contribution >= 4 is 16.8 Å². The standard InChI is InChI=1S/C16H18N2O/c1-11-9-16(19)18(12(11)2)8-7-13-10-17-15-6-4-3-5-14(13)15/h3-6,10,17H,7-9H2,1-2H3. The summed E-state index contributed by atoms with van der Waals surface area (Å²) in [6, 6.07) is 8.29. The van der Waals surface area contributed by atoms with E-state index in [1.165, 1.54) is 16.5 Å². The molecule has 2 aromatic rings. The van der Waals surface area contributed by atoms with Crippen molar-refractivity contribution in [3.05, 3.63) is 47.3 Å². The minimum absolute atomic E-state index is 0.231. The number of carbonyl (C=O) groups excluding carboxylic acids is 1. The Kier molecular flexibility index (Phi) is 2.90. The summed E-state index contributed by atoms with van der Waals surface area (Å²) in [6.07, 6.45) is 3.53. The van der Waals surface area contributed by atoms with Crippen molar-refractivity contribution in [2.24, 2.45) is 0 Å². The van der Waals surface area contributed by atoms with Crippen LogP contribution in [0.1, 0.15) is 25.8 Å². The van der Waals surface area contributed by atoms with Gasteiger partial charge in [-0.2, -0.15) is 0 Å². The molecule has 1 N–H and O–H groups in total. The van der Waals surface area contributed by atoms with Crippen molar-refractivity contribution in [1.29, 1.82) is 0 Å². The Bertz CT molecular complexity index is 666. The maximum atomic E-state index is 11.9. The monoisotopic (exact) mass is 254 g/mol. The van der Waals surface area contributed by atoms with Gasteiger partial charge in [0.25, 0.3) is 0 Å². The third-order valence-electron chi connectivity index (χ3n) is 4.02. The SMILES string of the molecule is CC1=C(C)N(CCc2c[nH]c3ccccc23)C(=O)C1. The topological polar surface area (TPSA) is 36.1 Å². The normalized spacial score (nSPS) is 15.9. The molecule has 3 heteroatoms. The molecule has 1 aliphatic rings. The number of allylic oxidation sites excluding steroid dienone is 1. The smallest absolute Gasteiger partial charge is 0.230 e. The van der Waals surface area contributed by atoms with Crippen LogP contribution in [0, 0.1) is 0 Å². The van der Waals surface area contributed by atoms with E-state index >= 15 is 0 Å². The predicted octanol–water partition coefficient (Wildman–Crippen LogP) is 3.24. The Morgan fingerprint density at radius 1 is 1.26 bits per heavy atom. The van der Waals surface area contributed by atoms with Crippen molar-refractivity contribution in [3.8, 4) is 0 Å². The molecule has 98 valence electrons. The second-order valence-electron chi connectivity index (χ2n) is 5.20. The van der Waals surface area contributed by atoms with Crippen molar-refractivity contribution < 1.29 is 4.79 Å². The first-order chi connectivity index (χ1) is 9.16. The maximum absolute atomic E-state index is 11.9. The van der Waals surface area contributed by atoms with Crippen molar-refractivity contribution in [3.63, 3.8) is 0 Å². The summed E-state index contributed by atoms with van der Waals surface area (Å²) in [5.41, 5.74) is 4.77. The molecule has 2 heterocycles. The fourth-order valence-corrected chi connectivity index (χ4v) is 2.73. The van der Waals surface area contributed by atoms with Gasteiger partial charge in [0.2, 0.25) is 5.91 Å². The molecule has 0 radical (unpaired) electrons. The molecule has 0 spiro atoms. The lowest BCUT2D eigenvalue weighted by atomic mass is 10.1. The van der Waals surface area contributed by atoms with E-state index in [1.807, 2.05) is 24.8 Å². The van der Waals surface area contributed by atoms with Gasteiger partial charge in [-0.15, -0.1) is 0 Å². The van der Waals surface area contributed by atoms with E-state index in [9.17, 15) is 4.79 Å². The molecule has 0 fully saturated rings. The highest BCUT2D eigenvalue weighted by molar-refractivity contribution is 5.85. The largest absolute Gasteiger partial charge is 0.361 e. The first-order valence-electron chi connectivity index (χ1n) is 6.68. The van der Waals surface area contributed by atoms with Crippen LogP contribution in [-0.2, 0) is 11.2 Å². The molecule has 1 aromatic carbocycles. The summed E-state index contributed by atoms with van der Waals surface area (Å²) < 4.78 is 0. The summed E-state index contributed by atoms with van der Waals surface area (Å²) in [4.78, 5) is 17.1. The molecular weight excluding hydrogens is 236 g/mol. The Labute approximate surface area is 112 Å². The maximum Gasteiger partial charge on any atom is 0.230 e. The molecule has 0 bridgehead atoms. The van der Waals surface area contributed by atoms with Crippen LogP contribution >= 0.6 is 0 Å². The van der Waals surface area contributed by atoms with Crippen molar-refractivity contribution in [2.45, 2.75) is 26.7 Å². The summed E-state index contributed by atoms with van der Waals surface area (Å²) in [6.45, 7) is 4.85. The number of H-pyrrole nitrogens is 1. The Morgan fingerprint density at radius 2 is 2.05 bits per heavy atom. The number of benzene rings is 1. The quantitative estimate of drug-likeness (QED) is 0.896.